The van der Waals surface area contributed by atoms with Crippen molar-refractivity contribution < 1.29 is 4.42 Å². The molecule has 59 heavy (non-hydrogen) atoms. The molecule has 11 aromatic rings. The van der Waals surface area contributed by atoms with Crippen molar-refractivity contribution in [3.8, 4) is 0 Å². The number of anilines is 9. The molecule has 0 aliphatic carbocycles. The van der Waals surface area contributed by atoms with Gasteiger partial charge in [0.05, 0.1) is 5.69 Å². The van der Waals surface area contributed by atoms with E-state index >= 15 is 0 Å². The van der Waals surface area contributed by atoms with Crippen LogP contribution in [0, 0.1) is 0 Å². The van der Waals surface area contributed by atoms with Crippen LogP contribution in [0.1, 0.15) is 0 Å². The van der Waals surface area contributed by atoms with Crippen LogP contribution in [-0.4, -0.2) is 0 Å². The molecule has 5 heteroatoms. The standard InChI is InChI=1S/C54H37N3OS/c1-6-18-38(19-7-1)55(39-20-8-2-9-21-39)45-34-49(57(41-24-12-4-13-25-41)42-26-14-5-15-27-42)54-48-33-31-44(36-52(48)59-53(54)37-45)56(40-22-10-3-11-23-40)43-30-32-47-46-28-16-17-29-50(46)58-51(47)35-43/h1-37H. The zero-order valence-corrected chi connectivity index (χ0v) is 32.8. The van der Waals surface area contributed by atoms with Crippen LogP contribution in [0.4, 0.5) is 51.2 Å². The van der Waals surface area contributed by atoms with Crippen LogP contribution < -0.4 is 14.7 Å². The maximum atomic E-state index is 6.39. The minimum atomic E-state index is 0.869. The molecule has 9 aromatic carbocycles. The Labute approximate surface area is 346 Å². The van der Waals surface area contributed by atoms with E-state index in [0.29, 0.717) is 0 Å². The lowest BCUT2D eigenvalue weighted by molar-refractivity contribution is 0.669. The summed E-state index contributed by atoms with van der Waals surface area (Å²) < 4.78 is 8.80. The second kappa shape index (κ2) is 14.7. The fraction of sp³-hybridized carbons (Fsp3) is 0. The summed E-state index contributed by atoms with van der Waals surface area (Å²) in [6.07, 6.45) is 0. The number of furan rings is 1. The largest absolute Gasteiger partial charge is 0.456 e. The Morgan fingerprint density at radius 3 is 1.27 bits per heavy atom. The van der Waals surface area contributed by atoms with Gasteiger partial charge in [0.15, 0.2) is 0 Å². The molecule has 0 atom stereocenters. The molecule has 0 saturated heterocycles. The van der Waals surface area contributed by atoms with Gasteiger partial charge in [-0.1, -0.05) is 115 Å². The fourth-order valence-corrected chi connectivity index (χ4v) is 9.56. The summed E-state index contributed by atoms with van der Waals surface area (Å²) in [7, 11) is 0. The van der Waals surface area contributed by atoms with E-state index in [0.717, 1.165) is 73.1 Å². The van der Waals surface area contributed by atoms with Crippen molar-refractivity contribution in [2.45, 2.75) is 0 Å². The molecule has 2 aromatic heterocycles. The number of thiophene rings is 1. The summed E-state index contributed by atoms with van der Waals surface area (Å²) in [5, 5.41) is 4.66. The van der Waals surface area contributed by atoms with Crippen molar-refractivity contribution in [2.75, 3.05) is 14.7 Å². The molecule has 0 amide bonds. The van der Waals surface area contributed by atoms with Gasteiger partial charge >= 0.3 is 0 Å². The smallest absolute Gasteiger partial charge is 0.137 e. The Balaban J connectivity index is 1.15. The first-order valence-electron chi connectivity index (χ1n) is 19.8. The molecule has 0 unspecified atom stereocenters. The van der Waals surface area contributed by atoms with Crippen LogP contribution in [0.2, 0.25) is 0 Å². The van der Waals surface area contributed by atoms with Gasteiger partial charge < -0.3 is 19.1 Å². The average molecular weight is 776 g/mol. The lowest BCUT2D eigenvalue weighted by Gasteiger charge is -2.30. The molecule has 280 valence electrons. The van der Waals surface area contributed by atoms with Crippen LogP contribution in [0.15, 0.2) is 229 Å². The van der Waals surface area contributed by atoms with Crippen molar-refractivity contribution in [3.05, 3.63) is 224 Å². The van der Waals surface area contributed by atoms with Gasteiger partial charge in [-0.3, -0.25) is 0 Å². The highest BCUT2D eigenvalue weighted by Crippen LogP contribution is 2.50. The summed E-state index contributed by atoms with van der Waals surface area (Å²) in [6.45, 7) is 0. The van der Waals surface area contributed by atoms with E-state index in [1.807, 2.05) is 23.5 Å². The number of rotatable bonds is 9. The van der Waals surface area contributed by atoms with E-state index in [-0.39, 0.29) is 0 Å². The van der Waals surface area contributed by atoms with Crippen LogP contribution in [0.5, 0.6) is 0 Å². The Kier molecular flexibility index (Phi) is 8.64. The first-order valence-corrected chi connectivity index (χ1v) is 20.7. The van der Waals surface area contributed by atoms with Crippen LogP contribution in [0.25, 0.3) is 42.1 Å². The Bertz CT molecular complexity index is 3140. The van der Waals surface area contributed by atoms with Gasteiger partial charge in [-0.15, -0.1) is 11.3 Å². The number of hydrogen-bond donors (Lipinski definition) is 0. The topological polar surface area (TPSA) is 22.9 Å². The monoisotopic (exact) mass is 775 g/mol. The van der Waals surface area contributed by atoms with Crippen molar-refractivity contribution in [3.63, 3.8) is 0 Å². The molecule has 0 aliphatic rings. The van der Waals surface area contributed by atoms with Gasteiger partial charge in [0.1, 0.15) is 11.2 Å². The third-order valence-electron chi connectivity index (χ3n) is 11.0. The number of hydrogen-bond acceptors (Lipinski definition) is 5. The van der Waals surface area contributed by atoms with Crippen molar-refractivity contribution >= 4 is 105 Å². The quantitative estimate of drug-likeness (QED) is 0.146. The minimum absolute atomic E-state index is 0.869. The van der Waals surface area contributed by atoms with Gasteiger partial charge in [0.2, 0.25) is 0 Å². The Morgan fingerprint density at radius 1 is 0.288 bits per heavy atom. The van der Waals surface area contributed by atoms with E-state index in [9.17, 15) is 0 Å². The maximum absolute atomic E-state index is 6.39. The van der Waals surface area contributed by atoms with Gasteiger partial charge in [0.25, 0.3) is 0 Å². The molecule has 0 saturated carbocycles. The van der Waals surface area contributed by atoms with E-state index < -0.39 is 0 Å². The normalized spacial score (nSPS) is 11.4. The number of para-hydroxylation sites is 6. The second-order valence-corrected chi connectivity index (χ2v) is 15.7. The van der Waals surface area contributed by atoms with Crippen LogP contribution >= 0.6 is 11.3 Å². The lowest BCUT2D eigenvalue weighted by Crippen LogP contribution is -2.13. The summed E-state index contributed by atoms with van der Waals surface area (Å²) in [5.41, 5.74) is 11.5. The van der Waals surface area contributed by atoms with Gasteiger partial charge in [-0.25, -0.2) is 0 Å². The molecule has 0 N–H and O–H groups in total. The molecular formula is C54H37N3OS. The lowest BCUT2D eigenvalue weighted by atomic mass is 10.0. The maximum Gasteiger partial charge on any atom is 0.137 e. The molecular weight excluding hydrogens is 739 g/mol. The van der Waals surface area contributed by atoms with Gasteiger partial charge in [-0.2, -0.15) is 0 Å². The first-order chi connectivity index (χ1) is 29.3. The molecule has 0 fully saturated rings. The molecule has 4 nitrogen and oxygen atoms in total. The molecule has 2 heterocycles. The summed E-state index contributed by atoms with van der Waals surface area (Å²) in [4.78, 5) is 7.09. The Hall–Kier alpha value is -7.60. The molecule has 0 radical (unpaired) electrons. The van der Waals surface area contributed by atoms with Crippen LogP contribution in [0.3, 0.4) is 0 Å². The number of nitrogens with zero attached hydrogens (tertiary/aromatic N) is 3. The van der Waals surface area contributed by atoms with Crippen molar-refractivity contribution in [1.82, 2.24) is 0 Å². The number of benzene rings is 9. The predicted octanol–water partition coefficient (Wildman–Crippen LogP) is 16.4. The number of fused-ring (bicyclic) bond motifs is 6. The van der Waals surface area contributed by atoms with Gasteiger partial charge in [-0.05, 0) is 103 Å². The highest BCUT2D eigenvalue weighted by atomic mass is 32.1. The SMILES string of the molecule is c1ccc(N(c2ccc3c(c2)oc2ccccc23)c2ccc3c(c2)sc2cc(N(c4ccccc4)c4ccccc4)cc(N(c4ccccc4)c4ccccc4)c23)cc1. The summed E-state index contributed by atoms with van der Waals surface area (Å²) >= 11 is 1.83. The summed E-state index contributed by atoms with van der Waals surface area (Å²) in [6, 6.07) is 79.8. The molecule has 0 bridgehead atoms. The van der Waals surface area contributed by atoms with Gasteiger partial charge in [0, 0.05) is 82.5 Å². The highest BCUT2D eigenvalue weighted by molar-refractivity contribution is 7.26. The van der Waals surface area contributed by atoms with Crippen molar-refractivity contribution in [1.29, 1.82) is 0 Å². The average Bonchev–Trinajstić information content (AvgIpc) is 3.86. The van der Waals surface area contributed by atoms with E-state index in [1.165, 1.54) is 20.2 Å². The zero-order chi connectivity index (χ0) is 39.1. The zero-order valence-electron chi connectivity index (χ0n) is 32.0. The first kappa shape index (κ1) is 34.6. The summed E-state index contributed by atoms with van der Waals surface area (Å²) in [5.74, 6) is 0. The third-order valence-corrected chi connectivity index (χ3v) is 12.1. The molecule has 0 aliphatic heterocycles. The van der Waals surface area contributed by atoms with Crippen LogP contribution in [-0.2, 0) is 0 Å². The predicted molar refractivity (Wildman–Crippen MR) is 251 cm³/mol. The minimum Gasteiger partial charge on any atom is -0.456 e. The highest BCUT2D eigenvalue weighted by Gasteiger charge is 2.24. The van der Waals surface area contributed by atoms with E-state index in [2.05, 4.69) is 227 Å². The third kappa shape index (κ3) is 6.25. The van der Waals surface area contributed by atoms with E-state index in [1.54, 1.807) is 0 Å². The van der Waals surface area contributed by atoms with E-state index in [4.69, 9.17) is 4.42 Å². The molecule has 0 spiro atoms. The second-order valence-electron chi connectivity index (χ2n) is 14.6. The Morgan fingerprint density at radius 2 is 0.712 bits per heavy atom. The fourth-order valence-electron chi connectivity index (χ4n) is 8.36. The van der Waals surface area contributed by atoms with Crippen molar-refractivity contribution in [2.24, 2.45) is 0 Å². The molecule has 11 rings (SSSR count).